The van der Waals surface area contributed by atoms with Gasteiger partial charge in [0.05, 0.1) is 0 Å². The highest BCUT2D eigenvalue weighted by Crippen LogP contribution is 2.30. The number of benzene rings is 1. The Hall–Kier alpha value is -2.43. The summed E-state index contributed by atoms with van der Waals surface area (Å²) in [6, 6.07) is 5.12. The van der Waals surface area contributed by atoms with Crippen LogP contribution in [0.25, 0.3) is 5.57 Å². The third-order valence-corrected chi connectivity index (χ3v) is 4.36. The highest BCUT2D eigenvalue weighted by atomic mass is 16.2. The second-order valence-corrected chi connectivity index (χ2v) is 5.73. The summed E-state index contributed by atoms with van der Waals surface area (Å²) in [4.78, 5) is 37.3. The van der Waals surface area contributed by atoms with Crippen molar-refractivity contribution in [1.82, 2.24) is 10.2 Å². The molecule has 0 saturated carbocycles. The maximum absolute atomic E-state index is 12.5. The molecule has 0 aliphatic carbocycles. The highest BCUT2D eigenvalue weighted by Gasteiger charge is 2.38. The van der Waals surface area contributed by atoms with E-state index in [9.17, 15) is 14.4 Å². The molecule has 1 saturated heterocycles. The third-order valence-electron chi connectivity index (χ3n) is 4.36. The summed E-state index contributed by atoms with van der Waals surface area (Å²) in [5.74, 6) is -0.791. The number of hydrogen-bond acceptors (Lipinski definition) is 3. The van der Waals surface area contributed by atoms with Crippen molar-refractivity contribution in [2.24, 2.45) is 0 Å². The van der Waals surface area contributed by atoms with Crippen molar-refractivity contribution in [3.8, 4) is 0 Å². The SMILES string of the molecule is C=C(CC)c1ccc2c(c1)CN(C1CCC(=O)NC1=O)C2=O. The van der Waals surface area contributed by atoms with Crippen LogP contribution in [-0.2, 0) is 16.1 Å². The van der Waals surface area contributed by atoms with E-state index in [1.807, 2.05) is 19.1 Å². The lowest BCUT2D eigenvalue weighted by molar-refractivity contribution is -0.136. The molecule has 1 N–H and O–H groups in total. The second-order valence-electron chi connectivity index (χ2n) is 5.73. The number of allylic oxidation sites excluding steroid dienone is 1. The fraction of sp³-hybridized carbons (Fsp3) is 0.353. The molecule has 114 valence electrons. The Morgan fingerprint density at radius 1 is 1.36 bits per heavy atom. The zero-order valence-corrected chi connectivity index (χ0v) is 12.5. The minimum Gasteiger partial charge on any atom is -0.322 e. The molecule has 22 heavy (non-hydrogen) atoms. The van der Waals surface area contributed by atoms with E-state index in [4.69, 9.17) is 0 Å². The van der Waals surface area contributed by atoms with Gasteiger partial charge in [0.2, 0.25) is 11.8 Å². The molecule has 2 heterocycles. The van der Waals surface area contributed by atoms with Crippen molar-refractivity contribution >= 4 is 23.3 Å². The quantitative estimate of drug-likeness (QED) is 0.866. The Labute approximate surface area is 129 Å². The van der Waals surface area contributed by atoms with E-state index in [0.29, 0.717) is 18.5 Å². The molecule has 3 rings (SSSR count). The van der Waals surface area contributed by atoms with Crippen LogP contribution in [0.15, 0.2) is 24.8 Å². The number of carbonyl (C=O) groups excluding carboxylic acids is 3. The lowest BCUT2D eigenvalue weighted by Gasteiger charge is -2.29. The van der Waals surface area contributed by atoms with Gasteiger partial charge in [0.15, 0.2) is 0 Å². The number of rotatable bonds is 3. The van der Waals surface area contributed by atoms with E-state index in [0.717, 1.165) is 23.1 Å². The standard InChI is InChI=1S/C17H18N2O3/c1-3-10(2)11-4-5-13-12(8-11)9-19(17(13)22)14-6-7-15(20)18-16(14)21/h4-5,8,14H,2-3,6-7,9H2,1H3,(H,18,20,21). The van der Waals surface area contributed by atoms with Gasteiger partial charge in [-0.15, -0.1) is 0 Å². The third kappa shape index (κ3) is 2.32. The molecule has 0 aromatic heterocycles. The van der Waals surface area contributed by atoms with Crippen molar-refractivity contribution in [1.29, 1.82) is 0 Å². The van der Waals surface area contributed by atoms with Crippen LogP contribution in [-0.4, -0.2) is 28.7 Å². The van der Waals surface area contributed by atoms with Crippen LogP contribution >= 0.6 is 0 Å². The van der Waals surface area contributed by atoms with Gasteiger partial charge < -0.3 is 4.90 Å². The van der Waals surface area contributed by atoms with Gasteiger partial charge in [0.1, 0.15) is 6.04 Å². The Morgan fingerprint density at radius 2 is 2.14 bits per heavy atom. The first kappa shape index (κ1) is 14.5. The largest absolute Gasteiger partial charge is 0.322 e. The lowest BCUT2D eigenvalue weighted by atomic mass is 10.0. The number of nitrogens with zero attached hydrogens (tertiary/aromatic N) is 1. The number of amides is 3. The Bertz CT molecular complexity index is 693. The van der Waals surface area contributed by atoms with Gasteiger partial charge in [-0.2, -0.15) is 0 Å². The zero-order valence-electron chi connectivity index (χ0n) is 12.5. The van der Waals surface area contributed by atoms with Crippen LogP contribution < -0.4 is 5.32 Å². The number of piperidine rings is 1. The van der Waals surface area contributed by atoms with Gasteiger partial charge in [0.25, 0.3) is 5.91 Å². The van der Waals surface area contributed by atoms with Gasteiger partial charge in [-0.25, -0.2) is 0 Å². The average Bonchev–Trinajstić information content (AvgIpc) is 2.83. The number of imide groups is 1. The Kier molecular flexibility index (Phi) is 3.56. The van der Waals surface area contributed by atoms with E-state index >= 15 is 0 Å². The van der Waals surface area contributed by atoms with E-state index in [2.05, 4.69) is 11.9 Å². The molecule has 0 spiro atoms. The van der Waals surface area contributed by atoms with Gasteiger partial charge in [-0.1, -0.05) is 19.6 Å². The summed E-state index contributed by atoms with van der Waals surface area (Å²) >= 11 is 0. The van der Waals surface area contributed by atoms with Gasteiger partial charge in [-0.3, -0.25) is 19.7 Å². The summed E-state index contributed by atoms with van der Waals surface area (Å²) in [6.07, 6.45) is 1.51. The average molecular weight is 298 g/mol. The summed E-state index contributed by atoms with van der Waals surface area (Å²) in [5, 5.41) is 2.31. The fourth-order valence-electron chi connectivity index (χ4n) is 3.00. The predicted molar refractivity (Wildman–Crippen MR) is 81.8 cm³/mol. The molecular weight excluding hydrogens is 280 g/mol. The van der Waals surface area contributed by atoms with E-state index in [-0.39, 0.29) is 24.1 Å². The Morgan fingerprint density at radius 3 is 2.82 bits per heavy atom. The summed E-state index contributed by atoms with van der Waals surface area (Å²) in [6.45, 7) is 6.46. The molecule has 5 heteroatoms. The van der Waals surface area contributed by atoms with Crippen molar-refractivity contribution in [2.75, 3.05) is 0 Å². The molecule has 5 nitrogen and oxygen atoms in total. The topological polar surface area (TPSA) is 66.5 Å². The molecule has 1 unspecified atom stereocenters. The molecule has 3 amide bonds. The van der Waals surface area contributed by atoms with Crippen LogP contribution in [0.3, 0.4) is 0 Å². The van der Waals surface area contributed by atoms with Gasteiger partial charge in [0, 0.05) is 18.5 Å². The lowest BCUT2D eigenvalue weighted by Crippen LogP contribution is -2.52. The molecule has 1 aromatic rings. The summed E-state index contributed by atoms with van der Waals surface area (Å²) < 4.78 is 0. The van der Waals surface area contributed by atoms with Gasteiger partial charge in [-0.05, 0) is 41.7 Å². The maximum atomic E-state index is 12.5. The van der Waals surface area contributed by atoms with E-state index < -0.39 is 6.04 Å². The first-order valence-corrected chi connectivity index (χ1v) is 7.47. The van der Waals surface area contributed by atoms with Crippen molar-refractivity contribution < 1.29 is 14.4 Å². The predicted octanol–water partition coefficient (Wildman–Crippen LogP) is 1.87. The smallest absolute Gasteiger partial charge is 0.255 e. The number of hydrogen-bond donors (Lipinski definition) is 1. The summed E-state index contributed by atoms with van der Waals surface area (Å²) in [7, 11) is 0. The molecule has 1 aromatic carbocycles. The Balaban J connectivity index is 1.86. The minimum absolute atomic E-state index is 0.141. The first-order valence-electron chi connectivity index (χ1n) is 7.47. The molecule has 0 bridgehead atoms. The van der Waals surface area contributed by atoms with Crippen molar-refractivity contribution in [3.63, 3.8) is 0 Å². The highest BCUT2D eigenvalue weighted by molar-refractivity contribution is 6.05. The molecule has 2 aliphatic heterocycles. The summed E-state index contributed by atoms with van der Waals surface area (Å²) in [5.41, 5.74) is 3.60. The monoisotopic (exact) mass is 298 g/mol. The molecular formula is C17H18N2O3. The molecule has 1 atom stereocenters. The van der Waals surface area contributed by atoms with E-state index in [1.165, 1.54) is 0 Å². The van der Waals surface area contributed by atoms with Crippen LogP contribution in [0.5, 0.6) is 0 Å². The van der Waals surface area contributed by atoms with Crippen molar-refractivity contribution in [2.45, 2.75) is 38.8 Å². The van der Waals surface area contributed by atoms with Crippen LogP contribution in [0, 0.1) is 0 Å². The van der Waals surface area contributed by atoms with Crippen LogP contribution in [0.1, 0.15) is 47.7 Å². The second kappa shape index (κ2) is 5.40. The number of fused-ring (bicyclic) bond motifs is 1. The normalized spacial score (nSPS) is 20.9. The van der Waals surface area contributed by atoms with Gasteiger partial charge >= 0.3 is 0 Å². The first-order chi connectivity index (χ1) is 10.5. The fourth-order valence-corrected chi connectivity index (χ4v) is 3.00. The van der Waals surface area contributed by atoms with Crippen molar-refractivity contribution in [3.05, 3.63) is 41.5 Å². The maximum Gasteiger partial charge on any atom is 0.255 e. The van der Waals surface area contributed by atoms with E-state index in [1.54, 1.807) is 11.0 Å². The molecule has 1 fully saturated rings. The molecule has 2 aliphatic rings. The zero-order chi connectivity index (χ0) is 15.9. The number of nitrogens with one attached hydrogen (secondary N) is 1. The number of carbonyl (C=O) groups is 3. The minimum atomic E-state index is -0.560. The van der Waals surface area contributed by atoms with Crippen LogP contribution in [0.4, 0.5) is 0 Å². The van der Waals surface area contributed by atoms with Crippen LogP contribution in [0.2, 0.25) is 0 Å². The molecule has 0 radical (unpaired) electrons.